The van der Waals surface area contributed by atoms with Crippen molar-refractivity contribution in [2.45, 2.75) is 19.8 Å². The van der Waals surface area contributed by atoms with Crippen LogP contribution in [-0.2, 0) is 13.5 Å². The van der Waals surface area contributed by atoms with Gasteiger partial charge in [0.2, 0.25) is 0 Å². The number of halogens is 1. The third-order valence-electron chi connectivity index (χ3n) is 2.22. The number of rotatable bonds is 3. The number of aromatic nitrogens is 4. The molecule has 0 N–H and O–H groups in total. The van der Waals surface area contributed by atoms with Crippen LogP contribution in [0, 0.1) is 0 Å². The van der Waals surface area contributed by atoms with Gasteiger partial charge in [-0.25, -0.2) is 9.97 Å². The molecule has 0 radical (unpaired) electrons. The zero-order valence-electron chi connectivity index (χ0n) is 9.31. The van der Waals surface area contributed by atoms with Gasteiger partial charge in [0, 0.05) is 18.9 Å². The van der Waals surface area contributed by atoms with E-state index in [9.17, 15) is 0 Å². The molecule has 2 aromatic heterocycles. The first kappa shape index (κ1) is 11.1. The minimum Gasteiger partial charge on any atom is -0.275 e. The molecule has 0 aliphatic heterocycles. The highest BCUT2D eigenvalue weighted by molar-refractivity contribution is 6.29. The van der Waals surface area contributed by atoms with Gasteiger partial charge in [-0.3, -0.25) is 4.68 Å². The van der Waals surface area contributed by atoms with Crippen LogP contribution >= 0.6 is 11.6 Å². The first-order valence-corrected chi connectivity index (χ1v) is 5.59. The van der Waals surface area contributed by atoms with Crippen molar-refractivity contribution in [2.24, 2.45) is 7.05 Å². The van der Waals surface area contributed by atoms with Gasteiger partial charge in [0.05, 0.1) is 11.8 Å². The van der Waals surface area contributed by atoms with Crippen LogP contribution in [0.1, 0.15) is 19.0 Å². The summed E-state index contributed by atoms with van der Waals surface area (Å²) < 4.78 is 1.72. The van der Waals surface area contributed by atoms with Crippen molar-refractivity contribution in [3.8, 4) is 11.4 Å². The highest BCUT2D eigenvalue weighted by Gasteiger charge is 2.07. The monoisotopic (exact) mass is 236 g/mol. The Kier molecular flexibility index (Phi) is 3.19. The van der Waals surface area contributed by atoms with E-state index in [4.69, 9.17) is 11.6 Å². The molecule has 0 fully saturated rings. The topological polar surface area (TPSA) is 43.6 Å². The Bertz CT molecular complexity index is 492. The Morgan fingerprint density at radius 1 is 1.38 bits per heavy atom. The van der Waals surface area contributed by atoms with Crippen molar-refractivity contribution >= 4 is 11.6 Å². The maximum absolute atomic E-state index is 5.96. The predicted octanol–water partition coefficient (Wildman–Crippen LogP) is 2.48. The van der Waals surface area contributed by atoms with Crippen molar-refractivity contribution in [3.63, 3.8) is 0 Å². The maximum Gasteiger partial charge on any atom is 0.164 e. The number of hydrogen-bond acceptors (Lipinski definition) is 3. The lowest BCUT2D eigenvalue weighted by Gasteiger charge is -2.02. The van der Waals surface area contributed by atoms with Crippen LogP contribution in [0.4, 0.5) is 0 Å². The van der Waals surface area contributed by atoms with Crippen LogP contribution in [-0.4, -0.2) is 19.7 Å². The summed E-state index contributed by atoms with van der Waals surface area (Å²) in [5.41, 5.74) is 1.86. The van der Waals surface area contributed by atoms with Gasteiger partial charge < -0.3 is 0 Å². The fourth-order valence-electron chi connectivity index (χ4n) is 1.51. The molecule has 0 amide bonds. The Morgan fingerprint density at radius 2 is 2.19 bits per heavy atom. The fraction of sp³-hybridized carbons (Fsp3) is 0.364. The van der Waals surface area contributed by atoms with Gasteiger partial charge in [0.25, 0.3) is 0 Å². The molecule has 0 saturated heterocycles. The average molecular weight is 237 g/mol. The van der Waals surface area contributed by atoms with E-state index in [1.54, 1.807) is 10.9 Å². The quantitative estimate of drug-likeness (QED) is 0.769. The van der Waals surface area contributed by atoms with Gasteiger partial charge in [0.1, 0.15) is 5.15 Å². The van der Waals surface area contributed by atoms with Crippen molar-refractivity contribution in [1.82, 2.24) is 19.7 Å². The van der Waals surface area contributed by atoms with Crippen LogP contribution in [0.5, 0.6) is 0 Å². The second kappa shape index (κ2) is 4.61. The molecule has 0 spiro atoms. The highest BCUT2D eigenvalue weighted by atomic mass is 35.5. The smallest absolute Gasteiger partial charge is 0.164 e. The first-order valence-electron chi connectivity index (χ1n) is 5.21. The van der Waals surface area contributed by atoms with Gasteiger partial charge in [-0.15, -0.1) is 0 Å². The first-order chi connectivity index (χ1) is 7.69. The van der Waals surface area contributed by atoms with Crippen molar-refractivity contribution in [3.05, 3.63) is 29.3 Å². The van der Waals surface area contributed by atoms with E-state index in [1.807, 2.05) is 19.3 Å². The summed E-state index contributed by atoms with van der Waals surface area (Å²) in [6, 6.07) is 1.81. The van der Waals surface area contributed by atoms with Gasteiger partial charge in [-0.2, -0.15) is 5.10 Å². The predicted molar refractivity (Wildman–Crippen MR) is 63.2 cm³/mol. The van der Waals surface area contributed by atoms with Gasteiger partial charge in [-0.1, -0.05) is 24.9 Å². The molecule has 0 bridgehead atoms. The molecule has 0 atom stereocenters. The molecule has 2 aromatic rings. The molecular formula is C11H13ClN4. The van der Waals surface area contributed by atoms with Crippen LogP contribution < -0.4 is 0 Å². The summed E-state index contributed by atoms with van der Waals surface area (Å²) in [6.07, 6.45) is 5.57. The van der Waals surface area contributed by atoms with Crippen molar-refractivity contribution in [1.29, 1.82) is 0 Å². The van der Waals surface area contributed by atoms with E-state index in [2.05, 4.69) is 22.0 Å². The summed E-state index contributed by atoms with van der Waals surface area (Å²) in [4.78, 5) is 8.66. The Balaban J connectivity index is 2.40. The number of hydrogen-bond donors (Lipinski definition) is 0. The fourth-order valence-corrected chi connectivity index (χ4v) is 1.72. The molecule has 84 valence electrons. The number of nitrogens with zero attached hydrogens (tertiary/aromatic N) is 4. The van der Waals surface area contributed by atoms with Crippen LogP contribution in [0.15, 0.2) is 18.5 Å². The third kappa shape index (κ3) is 2.39. The van der Waals surface area contributed by atoms with Crippen molar-refractivity contribution in [2.75, 3.05) is 0 Å². The normalized spacial score (nSPS) is 10.7. The third-order valence-corrected chi connectivity index (χ3v) is 2.41. The molecular weight excluding hydrogens is 224 g/mol. The van der Waals surface area contributed by atoms with Crippen molar-refractivity contribution < 1.29 is 0 Å². The zero-order valence-corrected chi connectivity index (χ0v) is 10.1. The summed E-state index contributed by atoms with van der Waals surface area (Å²) in [5, 5.41) is 4.58. The second-order valence-corrected chi connectivity index (χ2v) is 4.05. The highest BCUT2D eigenvalue weighted by Crippen LogP contribution is 2.17. The maximum atomic E-state index is 5.96. The standard InChI is InChI=1S/C11H13ClN4/c1-3-4-9-5-10(12)15-11(14-9)8-6-13-16(2)7-8/h5-7H,3-4H2,1-2H3. The largest absolute Gasteiger partial charge is 0.275 e. The molecule has 2 rings (SSSR count). The SMILES string of the molecule is CCCc1cc(Cl)nc(-c2cnn(C)c2)n1. The van der Waals surface area contributed by atoms with Crippen LogP contribution in [0.2, 0.25) is 5.15 Å². The van der Waals surface area contributed by atoms with Crippen LogP contribution in [0.3, 0.4) is 0 Å². The van der Waals surface area contributed by atoms with E-state index < -0.39 is 0 Å². The lowest BCUT2D eigenvalue weighted by molar-refractivity contribution is 0.768. The molecule has 0 aliphatic carbocycles. The van der Waals surface area contributed by atoms with E-state index >= 15 is 0 Å². The lowest BCUT2D eigenvalue weighted by atomic mass is 10.2. The van der Waals surface area contributed by atoms with Gasteiger partial charge >= 0.3 is 0 Å². The Hall–Kier alpha value is -1.42. The van der Waals surface area contributed by atoms with Gasteiger partial charge in [-0.05, 0) is 12.5 Å². The summed E-state index contributed by atoms with van der Waals surface area (Å²) in [7, 11) is 1.86. The van der Waals surface area contributed by atoms with E-state index in [0.29, 0.717) is 11.0 Å². The molecule has 16 heavy (non-hydrogen) atoms. The minimum absolute atomic E-state index is 0.484. The molecule has 0 aliphatic rings. The number of aryl methyl sites for hydroxylation is 2. The van der Waals surface area contributed by atoms with E-state index in [0.717, 1.165) is 24.1 Å². The van der Waals surface area contributed by atoms with E-state index in [1.165, 1.54) is 0 Å². The molecule has 2 heterocycles. The zero-order chi connectivity index (χ0) is 11.5. The van der Waals surface area contributed by atoms with E-state index in [-0.39, 0.29) is 0 Å². The Labute approximate surface area is 99.3 Å². The average Bonchev–Trinajstić information content (AvgIpc) is 2.64. The van der Waals surface area contributed by atoms with Gasteiger partial charge in [0.15, 0.2) is 5.82 Å². The lowest BCUT2D eigenvalue weighted by Crippen LogP contribution is -1.95. The Morgan fingerprint density at radius 3 is 2.81 bits per heavy atom. The minimum atomic E-state index is 0.484. The summed E-state index contributed by atoms with van der Waals surface area (Å²) >= 11 is 5.96. The summed E-state index contributed by atoms with van der Waals surface area (Å²) in [5.74, 6) is 0.643. The molecule has 0 saturated carbocycles. The second-order valence-electron chi connectivity index (χ2n) is 3.66. The molecule has 0 aromatic carbocycles. The molecule has 0 unspecified atom stereocenters. The molecule has 4 nitrogen and oxygen atoms in total. The van der Waals surface area contributed by atoms with Crippen LogP contribution in [0.25, 0.3) is 11.4 Å². The summed E-state index contributed by atoms with van der Waals surface area (Å²) in [6.45, 7) is 2.11. The molecule has 5 heteroatoms.